The zero-order valence-corrected chi connectivity index (χ0v) is 77.7. The average molecular weight is 2030 g/mol. The third-order valence-electron chi connectivity index (χ3n) is 19.5. The molecule has 0 atom stereocenters. The van der Waals surface area contributed by atoms with E-state index in [0.29, 0.717) is 153 Å². The van der Waals surface area contributed by atoms with Gasteiger partial charge in [-0.2, -0.15) is 0 Å². The quantitative estimate of drug-likeness (QED) is 0.00958. The van der Waals surface area contributed by atoms with Crippen LogP contribution in [0.4, 0.5) is 17.5 Å². The second-order valence-electron chi connectivity index (χ2n) is 29.0. The molecule has 0 aliphatic rings. The first-order chi connectivity index (χ1) is 60.5. The van der Waals surface area contributed by atoms with Gasteiger partial charge in [-0.25, -0.2) is 48.2 Å². The number of nitrogens with one attached hydrogen (secondary N) is 3. The lowest BCUT2D eigenvalue weighted by molar-refractivity contribution is -0.119. The van der Waals surface area contributed by atoms with E-state index < -0.39 is 31.3 Å². The van der Waals surface area contributed by atoms with Crippen molar-refractivity contribution in [2.75, 3.05) is 92.5 Å². The molecule has 6 aromatic carbocycles. The van der Waals surface area contributed by atoms with Gasteiger partial charge in [0.25, 0.3) is 0 Å². The number of phenols is 2. The minimum absolute atomic E-state index is 0.0454. The number of amides is 3. The SMILES string of the molecule is CCCCc1nc2c(N)nc3ccc(CCOCCNC(=O)CBr)cc3c2n1Cc1cc(O)ccc1OP(=O)(O)O.CCCCc1nc2c(N)nc3ccc(CCOCCNC(=O)CBr)cc3c2n1Cc1cc(OP(=O)(O)O)ccc1O.CCCCc1nc2c(N)nc3ccc(CCOCCNC(=O)CBr)cc3c2n1Cc1cc(OP(=O)(O)O)ccc1OP(=O)(O)O. The lowest BCUT2D eigenvalue weighted by Gasteiger charge is -2.17. The van der Waals surface area contributed by atoms with Crippen molar-refractivity contribution in [1.29, 1.82) is 0 Å². The molecule has 0 saturated carbocycles. The third kappa shape index (κ3) is 29.0. The number of ether oxygens (including phenoxy) is 3. The number of aryl methyl sites for hydroxylation is 3. The monoisotopic (exact) mass is 2030 g/mol. The summed E-state index contributed by atoms with van der Waals surface area (Å²) in [6.07, 6.45) is 8.90. The molecule has 6 heterocycles. The van der Waals surface area contributed by atoms with E-state index in [1.54, 1.807) is 0 Å². The summed E-state index contributed by atoms with van der Waals surface area (Å²) in [4.78, 5) is 137. The number of nitrogens with two attached hydrogens (primary N) is 3. The molecule has 684 valence electrons. The number of nitrogens with zero attached hydrogens (tertiary/aromatic N) is 9. The van der Waals surface area contributed by atoms with Crippen molar-refractivity contribution in [3.63, 3.8) is 0 Å². The summed E-state index contributed by atoms with van der Waals surface area (Å²) < 4.78 is 88.5. The van der Waals surface area contributed by atoms with E-state index in [0.717, 1.165) is 100 Å². The number of hydrogen-bond acceptors (Lipinski definition) is 25. The first-order valence-electron chi connectivity index (χ1n) is 40.2. The van der Waals surface area contributed by atoms with Crippen LogP contribution in [-0.4, -0.2) is 186 Å². The van der Waals surface area contributed by atoms with Crippen LogP contribution in [0.25, 0.3) is 65.8 Å². The number of imidazole rings is 3. The van der Waals surface area contributed by atoms with Gasteiger partial charge < -0.3 is 89.4 Å². The van der Waals surface area contributed by atoms with Gasteiger partial charge in [0.2, 0.25) is 17.7 Å². The molecule has 12 rings (SSSR count). The van der Waals surface area contributed by atoms with Crippen LogP contribution in [0.1, 0.15) is 110 Å². The molecule has 0 spiro atoms. The maximum absolute atomic E-state index is 11.8. The maximum Gasteiger partial charge on any atom is 0.524 e. The van der Waals surface area contributed by atoms with Crippen molar-refractivity contribution < 1.29 is 114 Å². The summed E-state index contributed by atoms with van der Waals surface area (Å²) in [6.45, 7) is 10.1. The number of halogens is 3. The number of alkyl halides is 3. The number of aromatic nitrogens is 9. The first kappa shape index (κ1) is 99.6. The fourth-order valence-electron chi connectivity index (χ4n) is 13.8. The molecule has 39 nitrogen and oxygen atoms in total. The number of pyridine rings is 3. The van der Waals surface area contributed by atoms with Crippen LogP contribution >= 0.6 is 79.1 Å². The summed E-state index contributed by atoms with van der Waals surface area (Å²) in [7, 11) is -19.6. The molecule has 0 bridgehead atoms. The lowest BCUT2D eigenvalue weighted by atomic mass is 10.1. The van der Waals surface area contributed by atoms with Crippen molar-refractivity contribution in [1.82, 2.24) is 59.6 Å². The number of phenolic OH excluding ortho intramolecular Hbond substituents is 2. The largest absolute Gasteiger partial charge is 0.524 e. The zero-order chi connectivity index (χ0) is 91.9. The van der Waals surface area contributed by atoms with Gasteiger partial charge in [-0.05, 0) is 146 Å². The number of nitrogen functional groups attached to an aromatic ring is 3. The van der Waals surface area contributed by atoms with Crippen LogP contribution in [0.2, 0.25) is 0 Å². The van der Waals surface area contributed by atoms with Crippen LogP contribution in [-0.2, 0) is 105 Å². The number of phosphoric ester groups is 4. The summed E-state index contributed by atoms with van der Waals surface area (Å²) in [6, 6.07) is 29.0. The van der Waals surface area contributed by atoms with Gasteiger partial charge in [0.15, 0.2) is 17.5 Å². The Morgan fingerprint density at radius 1 is 0.386 bits per heavy atom. The van der Waals surface area contributed by atoms with Gasteiger partial charge in [0.05, 0.1) is 108 Å². The standard InChI is InChI=1S/C27H34BrN5O10P2.2C27H33BrN5O7P/c1-2-3-4-23-32-25-26(33(23)16-18-14-19(42-44(35,36)37)6-8-22(18)43-45(38,39)40)20-13-17(5-7-21(20)31-27(25)29)9-11-41-12-10-30-24(34)15-28;1-2-3-4-23-32-25-26(33(23)16-18-14-19(6-8-22(18)34)40-41(36,37)38)20-13-17(5-7-21(20)31-27(25)29)9-11-39-12-10-30-24(35)15-28;1-2-3-4-23-32-25-26(33(23)16-18-14-19(34)6-8-22(18)40-41(36,37)38)20-13-17(5-7-21(20)31-27(25)29)9-11-39-12-10-30-24(35)15-28/h5-8,13-14H,2-4,9-12,15-16H2,1H3,(H2,29,31)(H,30,34)(H2,35,36,37)(H2,38,39,40);2*5-8,13-14,34H,2-4,9-12,15-16H2,1H3,(H2,29,31)(H,30,35)(H2,36,37,38). The highest BCUT2D eigenvalue weighted by molar-refractivity contribution is 9.09. The Morgan fingerprint density at radius 3 is 1.03 bits per heavy atom. The minimum Gasteiger partial charge on any atom is -0.508 e. The minimum atomic E-state index is -5.00. The number of hydrogen-bond donors (Lipinski definition) is 16. The molecule has 46 heteroatoms. The highest BCUT2D eigenvalue weighted by Gasteiger charge is 2.28. The average Bonchev–Trinajstić information content (AvgIpc) is 1.62. The van der Waals surface area contributed by atoms with E-state index in [-0.39, 0.29) is 111 Å². The van der Waals surface area contributed by atoms with Crippen molar-refractivity contribution in [3.8, 4) is 34.5 Å². The molecule has 19 N–H and O–H groups in total. The van der Waals surface area contributed by atoms with Gasteiger partial charge in [0.1, 0.15) is 68.5 Å². The Kier molecular flexibility index (Phi) is 36.2. The molecule has 3 amide bonds. The van der Waals surface area contributed by atoms with E-state index in [2.05, 4.69) is 92.5 Å². The second-order valence-corrected chi connectivity index (χ2v) is 35.3. The number of benzene rings is 6. The predicted molar refractivity (Wildman–Crippen MR) is 489 cm³/mol. The molecule has 0 unspecified atom stereocenters. The normalized spacial score (nSPS) is 11.9. The number of fused-ring (bicyclic) bond motifs is 9. The summed E-state index contributed by atoms with van der Waals surface area (Å²) in [5.41, 5.74) is 28.5. The van der Waals surface area contributed by atoms with Crippen LogP contribution in [0, 0.1) is 0 Å². The van der Waals surface area contributed by atoms with Gasteiger partial charge >= 0.3 is 31.3 Å². The molecular formula is C81H100Br3N15O24P4. The second kappa shape index (κ2) is 46.1. The number of unbranched alkanes of at least 4 members (excludes halogenated alkanes) is 3. The van der Waals surface area contributed by atoms with Gasteiger partial charge in [-0.3, -0.25) is 53.5 Å². The Morgan fingerprint density at radius 2 is 0.701 bits per heavy atom. The third-order valence-corrected chi connectivity index (χ3v) is 22.8. The van der Waals surface area contributed by atoms with Crippen LogP contribution < -0.4 is 51.2 Å². The number of carbonyl (C=O) groups excluding carboxylic acids is 3. The van der Waals surface area contributed by atoms with E-state index >= 15 is 0 Å². The summed E-state index contributed by atoms with van der Waals surface area (Å²) in [5.74, 6) is 1.87. The Hall–Kier alpha value is -9.51. The molecule has 0 radical (unpaired) electrons. The van der Waals surface area contributed by atoms with E-state index in [4.69, 9.17) is 64.5 Å². The van der Waals surface area contributed by atoms with Gasteiger partial charge in [-0.15, -0.1) is 0 Å². The Labute approximate surface area is 753 Å². The predicted octanol–water partition coefficient (Wildman–Crippen LogP) is 11.2. The molecule has 12 aromatic rings. The fraction of sp³-hybridized carbons (Fsp3) is 0.370. The van der Waals surface area contributed by atoms with Crippen molar-refractivity contribution in [2.24, 2.45) is 0 Å². The summed E-state index contributed by atoms with van der Waals surface area (Å²) >= 11 is 9.30. The Bertz CT molecular complexity index is 6110. The Balaban J connectivity index is 0.000000199. The molecular weight excluding hydrogens is 1930 g/mol. The highest BCUT2D eigenvalue weighted by atomic mass is 79.9. The lowest BCUT2D eigenvalue weighted by Crippen LogP contribution is -2.28. The van der Waals surface area contributed by atoms with Crippen LogP contribution in [0.15, 0.2) is 109 Å². The number of phosphoric acid groups is 4. The number of carbonyl (C=O) groups is 3. The maximum atomic E-state index is 11.8. The van der Waals surface area contributed by atoms with Crippen molar-refractivity contribution in [3.05, 3.63) is 160 Å². The molecule has 0 aliphatic heterocycles. The topological polar surface area (TPSA) is 593 Å². The van der Waals surface area contributed by atoms with E-state index in [9.17, 15) is 82.0 Å². The molecule has 6 aromatic heterocycles. The van der Waals surface area contributed by atoms with Crippen molar-refractivity contribution >= 4 is 180 Å². The van der Waals surface area contributed by atoms with Crippen LogP contribution in [0.3, 0.4) is 0 Å². The van der Waals surface area contributed by atoms with Crippen molar-refractivity contribution in [2.45, 2.75) is 117 Å². The van der Waals surface area contributed by atoms with Gasteiger partial charge in [-0.1, -0.05) is 106 Å². The van der Waals surface area contributed by atoms with Gasteiger partial charge in [0, 0.05) is 71.7 Å². The smallest absolute Gasteiger partial charge is 0.508 e. The van der Waals surface area contributed by atoms with E-state index in [1.165, 1.54) is 48.5 Å². The molecule has 127 heavy (non-hydrogen) atoms. The number of aromatic hydroxyl groups is 2. The molecule has 0 saturated heterocycles. The highest BCUT2D eigenvalue weighted by Crippen LogP contribution is 2.46. The number of rotatable bonds is 44. The number of anilines is 3. The molecule has 0 fully saturated rings. The fourth-order valence-corrected chi connectivity index (χ4v) is 16.0. The van der Waals surface area contributed by atoms with E-state index in [1.807, 2.05) is 75.2 Å². The van der Waals surface area contributed by atoms with Crippen LogP contribution in [0.5, 0.6) is 34.5 Å². The first-order valence-corrected chi connectivity index (χ1v) is 49.6. The molecule has 0 aliphatic carbocycles. The summed E-state index contributed by atoms with van der Waals surface area (Å²) in [5, 5.41) is 32.1. The zero-order valence-electron chi connectivity index (χ0n) is 69.4.